The molecule has 3 aliphatic carbocycles. The van der Waals surface area contributed by atoms with Crippen LogP contribution in [-0.4, -0.2) is 69.8 Å². The van der Waals surface area contributed by atoms with Crippen molar-refractivity contribution in [2.45, 2.75) is 81.5 Å². The first-order valence-corrected chi connectivity index (χ1v) is 13.5. The van der Waals surface area contributed by atoms with Crippen LogP contribution < -0.4 is 4.74 Å². The SMILES string of the molecule is CC(CCCCOC(=O)OC1=CC[C@@]2(O)[C@H]3Cc4ccc(O)c5c4[C@@]2(CCN3CC2CC2)[C@H]1O5)C(=O)O. The van der Waals surface area contributed by atoms with Gasteiger partial charge in [-0.2, -0.15) is 0 Å². The number of ether oxygens (including phenoxy) is 3. The van der Waals surface area contributed by atoms with Gasteiger partial charge in [0.25, 0.3) is 0 Å². The second-order valence-corrected chi connectivity index (χ2v) is 11.5. The Morgan fingerprint density at radius 1 is 1.27 bits per heavy atom. The van der Waals surface area contributed by atoms with Crippen molar-refractivity contribution in [2.24, 2.45) is 11.8 Å². The van der Waals surface area contributed by atoms with Crippen molar-refractivity contribution in [3.05, 3.63) is 35.1 Å². The van der Waals surface area contributed by atoms with Crippen LogP contribution >= 0.6 is 0 Å². The molecule has 3 N–H and O–H groups in total. The molecule has 2 bridgehead atoms. The molecule has 1 spiro atoms. The summed E-state index contributed by atoms with van der Waals surface area (Å²) in [5, 5.41) is 32.0. The fourth-order valence-corrected chi connectivity index (χ4v) is 7.12. The zero-order chi connectivity index (χ0) is 25.9. The van der Waals surface area contributed by atoms with Crippen LogP contribution in [-0.2, 0) is 26.1 Å². The molecule has 1 aromatic carbocycles. The number of hydrogen-bond acceptors (Lipinski definition) is 8. The van der Waals surface area contributed by atoms with E-state index in [0.29, 0.717) is 56.0 Å². The molecule has 1 saturated heterocycles. The number of carbonyl (C=O) groups is 2. The van der Waals surface area contributed by atoms with Crippen LogP contribution in [0.1, 0.15) is 63.0 Å². The summed E-state index contributed by atoms with van der Waals surface area (Å²) >= 11 is 0. The predicted octanol–water partition coefficient (Wildman–Crippen LogP) is 3.49. The maximum Gasteiger partial charge on any atom is 0.513 e. The molecule has 5 atom stereocenters. The average Bonchev–Trinajstić information content (AvgIpc) is 3.60. The van der Waals surface area contributed by atoms with Gasteiger partial charge in [0.15, 0.2) is 17.6 Å². The lowest BCUT2D eigenvalue weighted by molar-refractivity contribution is -0.169. The number of nitrogens with zero attached hydrogens (tertiary/aromatic N) is 1. The second-order valence-electron chi connectivity index (χ2n) is 11.5. The number of carboxylic acid groups (broad SMARTS) is 1. The summed E-state index contributed by atoms with van der Waals surface area (Å²) in [6, 6.07) is 3.51. The Bertz CT molecular complexity index is 1150. The lowest BCUT2D eigenvalue weighted by Crippen LogP contribution is -2.75. The highest BCUT2D eigenvalue weighted by Crippen LogP contribution is 2.65. The number of hydrogen-bond donors (Lipinski definition) is 3. The summed E-state index contributed by atoms with van der Waals surface area (Å²) in [4.78, 5) is 26.0. The third-order valence-corrected chi connectivity index (χ3v) is 9.26. The lowest BCUT2D eigenvalue weighted by atomic mass is 9.50. The van der Waals surface area contributed by atoms with E-state index in [9.17, 15) is 19.8 Å². The molecule has 2 aliphatic heterocycles. The van der Waals surface area contributed by atoms with E-state index >= 15 is 0 Å². The van der Waals surface area contributed by atoms with Gasteiger partial charge in [0.1, 0.15) is 5.76 Å². The number of phenolic OH excluding ortho intramolecular Hbond substituents is 1. The highest BCUT2D eigenvalue weighted by Gasteiger charge is 2.72. The quantitative estimate of drug-likeness (QED) is 0.336. The third kappa shape index (κ3) is 3.81. The first-order valence-electron chi connectivity index (χ1n) is 13.5. The fraction of sp³-hybridized carbons (Fsp3) is 0.643. The normalized spacial score (nSPS) is 32.1. The van der Waals surface area contributed by atoms with E-state index in [-0.39, 0.29) is 18.4 Å². The Morgan fingerprint density at radius 2 is 2.08 bits per heavy atom. The molecular weight excluding hydrogens is 478 g/mol. The van der Waals surface area contributed by atoms with Crippen LogP contribution in [0.3, 0.4) is 0 Å². The van der Waals surface area contributed by atoms with Gasteiger partial charge in [0.05, 0.1) is 23.5 Å². The molecule has 0 amide bonds. The van der Waals surface area contributed by atoms with Crippen LogP contribution in [0.5, 0.6) is 11.5 Å². The van der Waals surface area contributed by atoms with Crippen LogP contribution in [0.25, 0.3) is 0 Å². The van der Waals surface area contributed by atoms with E-state index in [1.165, 1.54) is 12.8 Å². The van der Waals surface area contributed by atoms with Gasteiger partial charge < -0.3 is 29.5 Å². The van der Waals surface area contributed by atoms with Crippen molar-refractivity contribution < 1.29 is 39.1 Å². The Balaban J connectivity index is 1.21. The summed E-state index contributed by atoms with van der Waals surface area (Å²) in [5.41, 5.74) is 0.0212. The minimum atomic E-state index is -1.10. The van der Waals surface area contributed by atoms with Gasteiger partial charge in [-0.15, -0.1) is 0 Å². The largest absolute Gasteiger partial charge is 0.513 e. The number of aromatic hydroxyl groups is 1. The number of carboxylic acids is 1. The highest BCUT2D eigenvalue weighted by molar-refractivity contribution is 5.69. The number of carbonyl (C=O) groups excluding carboxylic acids is 1. The summed E-state index contributed by atoms with van der Waals surface area (Å²) in [6.07, 6.45) is 5.98. The van der Waals surface area contributed by atoms with Crippen LogP contribution in [0.2, 0.25) is 0 Å². The Labute approximate surface area is 216 Å². The topological polar surface area (TPSA) is 126 Å². The van der Waals surface area contributed by atoms with E-state index in [4.69, 9.17) is 19.3 Å². The first-order chi connectivity index (χ1) is 17.7. The molecule has 5 aliphatic rings. The van der Waals surface area contributed by atoms with E-state index in [0.717, 1.165) is 24.2 Å². The number of benzene rings is 1. The van der Waals surface area contributed by atoms with Crippen molar-refractivity contribution in [1.29, 1.82) is 0 Å². The number of aliphatic hydroxyl groups is 1. The van der Waals surface area contributed by atoms with Crippen LogP contribution in [0.15, 0.2) is 24.0 Å². The molecule has 2 fully saturated rings. The van der Waals surface area contributed by atoms with Crippen molar-refractivity contribution in [2.75, 3.05) is 19.7 Å². The Hall–Kier alpha value is -2.78. The summed E-state index contributed by atoms with van der Waals surface area (Å²) in [6.45, 7) is 3.58. The van der Waals surface area contributed by atoms with E-state index in [2.05, 4.69) is 4.90 Å². The molecule has 0 radical (unpaired) electrons. The summed E-state index contributed by atoms with van der Waals surface area (Å²) in [5.74, 6) is 0.152. The average molecular weight is 514 g/mol. The van der Waals surface area contributed by atoms with Gasteiger partial charge in [0, 0.05) is 24.6 Å². The van der Waals surface area contributed by atoms with Crippen molar-refractivity contribution in [3.63, 3.8) is 0 Å². The maximum absolute atomic E-state index is 12.6. The lowest BCUT2D eigenvalue weighted by Gasteiger charge is -2.62. The first kappa shape index (κ1) is 24.6. The highest BCUT2D eigenvalue weighted by atomic mass is 16.7. The minimum absolute atomic E-state index is 0.0289. The third-order valence-electron chi connectivity index (χ3n) is 9.26. The number of likely N-dealkylation sites (tertiary alicyclic amines) is 1. The Kier molecular flexibility index (Phi) is 5.91. The van der Waals surface area contributed by atoms with Crippen molar-refractivity contribution in [1.82, 2.24) is 4.90 Å². The van der Waals surface area contributed by atoms with Crippen LogP contribution in [0.4, 0.5) is 4.79 Å². The molecular formula is C28H35NO8. The Morgan fingerprint density at radius 3 is 2.84 bits per heavy atom. The standard InChI is InChI=1S/C28H35NO8/c1-16(25(31)32)4-2-3-13-35-26(33)36-20-9-10-28(34)21-14-18-7-8-19(30)23-22(18)27(28,24(20)37-23)11-12-29(21)15-17-5-6-17/h7-9,16-17,21,24,30,34H,2-6,10-15H2,1H3,(H,31,32)/t16?,21-,24+,27+,28-/m1/s1. The number of aliphatic carboxylic acids is 1. The predicted molar refractivity (Wildman–Crippen MR) is 131 cm³/mol. The van der Waals surface area contributed by atoms with Crippen LogP contribution in [0, 0.1) is 11.8 Å². The number of phenols is 1. The fourth-order valence-electron chi connectivity index (χ4n) is 7.12. The van der Waals surface area contributed by atoms with Gasteiger partial charge in [-0.05, 0) is 75.1 Å². The molecule has 9 nitrogen and oxygen atoms in total. The van der Waals surface area contributed by atoms with E-state index in [1.54, 1.807) is 19.1 Å². The van der Waals surface area contributed by atoms with Gasteiger partial charge >= 0.3 is 12.1 Å². The molecule has 9 heteroatoms. The maximum atomic E-state index is 12.6. The van der Waals surface area contributed by atoms with Gasteiger partial charge in [-0.3, -0.25) is 9.69 Å². The monoisotopic (exact) mass is 513 g/mol. The second kappa shape index (κ2) is 8.91. The number of piperidine rings is 1. The van der Waals surface area contributed by atoms with Gasteiger partial charge in [-0.1, -0.05) is 13.0 Å². The molecule has 2 heterocycles. The zero-order valence-electron chi connectivity index (χ0n) is 21.1. The molecule has 6 rings (SSSR count). The van der Waals surface area contributed by atoms with E-state index < -0.39 is 35.2 Å². The minimum Gasteiger partial charge on any atom is -0.504 e. The van der Waals surface area contributed by atoms with Crippen molar-refractivity contribution in [3.8, 4) is 11.5 Å². The molecule has 0 aromatic heterocycles. The summed E-state index contributed by atoms with van der Waals surface area (Å²) in [7, 11) is 0. The number of rotatable bonds is 9. The molecule has 1 aromatic rings. The van der Waals surface area contributed by atoms with Gasteiger partial charge in [0.2, 0.25) is 0 Å². The molecule has 200 valence electrons. The van der Waals surface area contributed by atoms with E-state index in [1.807, 2.05) is 6.07 Å². The van der Waals surface area contributed by atoms with Gasteiger partial charge in [-0.25, -0.2) is 4.79 Å². The molecule has 1 saturated carbocycles. The smallest absolute Gasteiger partial charge is 0.504 e. The zero-order valence-corrected chi connectivity index (χ0v) is 21.1. The molecule has 37 heavy (non-hydrogen) atoms. The molecule has 1 unspecified atom stereocenters. The number of unbranched alkanes of at least 4 members (excludes halogenated alkanes) is 1. The van der Waals surface area contributed by atoms with Crippen molar-refractivity contribution >= 4 is 12.1 Å². The summed E-state index contributed by atoms with van der Waals surface area (Å²) < 4.78 is 17.3.